The van der Waals surface area contributed by atoms with Crippen molar-refractivity contribution in [3.63, 3.8) is 0 Å². The number of fused-ring (bicyclic) bond motifs is 1. The summed E-state index contributed by atoms with van der Waals surface area (Å²) in [6.45, 7) is 1.88. The van der Waals surface area contributed by atoms with Crippen molar-refractivity contribution in [3.05, 3.63) is 76.4 Å². The van der Waals surface area contributed by atoms with Crippen LogP contribution in [0.4, 0.5) is 10.1 Å². The third-order valence-corrected chi connectivity index (χ3v) is 5.22. The van der Waals surface area contributed by atoms with Crippen LogP contribution in [0.25, 0.3) is 22.0 Å². The van der Waals surface area contributed by atoms with Crippen LogP contribution in [0.15, 0.2) is 55.0 Å². The van der Waals surface area contributed by atoms with Crippen LogP contribution in [-0.4, -0.2) is 14.8 Å². The van der Waals surface area contributed by atoms with Gasteiger partial charge in [0.2, 0.25) is 0 Å². The maximum atomic E-state index is 14.2. The quantitative estimate of drug-likeness (QED) is 0.428. The number of nitrogens with one attached hydrogen (secondary N) is 1. The fourth-order valence-corrected chi connectivity index (χ4v) is 3.71. The van der Waals surface area contributed by atoms with Gasteiger partial charge in [-0.3, -0.25) is 9.67 Å². The van der Waals surface area contributed by atoms with E-state index in [0.717, 1.165) is 16.5 Å². The number of aromatic nitrogens is 3. The zero-order valence-electron chi connectivity index (χ0n) is 15.2. The molecule has 2 heterocycles. The van der Waals surface area contributed by atoms with Crippen molar-refractivity contribution in [3.8, 4) is 11.1 Å². The summed E-state index contributed by atoms with van der Waals surface area (Å²) in [7, 11) is 1.85. The van der Waals surface area contributed by atoms with E-state index < -0.39 is 0 Å². The zero-order chi connectivity index (χ0) is 19.8. The second-order valence-corrected chi connectivity index (χ2v) is 7.44. The lowest BCUT2D eigenvalue weighted by Crippen LogP contribution is -2.09. The molecule has 1 unspecified atom stereocenters. The summed E-state index contributed by atoms with van der Waals surface area (Å²) in [6.07, 6.45) is 5.23. The number of aryl methyl sites for hydroxylation is 1. The second-order valence-electron chi connectivity index (χ2n) is 6.63. The molecule has 4 rings (SSSR count). The first-order valence-corrected chi connectivity index (χ1v) is 9.47. The topological polar surface area (TPSA) is 42.7 Å². The van der Waals surface area contributed by atoms with E-state index in [4.69, 9.17) is 23.2 Å². The highest BCUT2D eigenvalue weighted by atomic mass is 35.5. The van der Waals surface area contributed by atoms with Gasteiger partial charge >= 0.3 is 0 Å². The van der Waals surface area contributed by atoms with E-state index in [9.17, 15) is 4.39 Å². The van der Waals surface area contributed by atoms with Gasteiger partial charge in [0.05, 0.1) is 33.5 Å². The Morgan fingerprint density at radius 2 is 1.86 bits per heavy atom. The maximum Gasteiger partial charge on any atom is 0.128 e. The van der Waals surface area contributed by atoms with Gasteiger partial charge in [0.15, 0.2) is 0 Å². The van der Waals surface area contributed by atoms with Gasteiger partial charge in [-0.15, -0.1) is 0 Å². The molecular weight excluding hydrogens is 398 g/mol. The molecule has 28 heavy (non-hydrogen) atoms. The largest absolute Gasteiger partial charge is 0.377 e. The molecule has 142 valence electrons. The van der Waals surface area contributed by atoms with Gasteiger partial charge in [0.25, 0.3) is 0 Å². The number of benzene rings is 2. The number of halogens is 3. The summed E-state index contributed by atoms with van der Waals surface area (Å²) in [5.74, 6) is -0.272. The van der Waals surface area contributed by atoms with E-state index in [0.29, 0.717) is 26.8 Å². The van der Waals surface area contributed by atoms with Crippen molar-refractivity contribution >= 4 is 39.8 Å². The van der Waals surface area contributed by atoms with Gasteiger partial charge in [0, 0.05) is 36.0 Å². The predicted molar refractivity (Wildman–Crippen MR) is 112 cm³/mol. The molecule has 0 radical (unpaired) electrons. The molecule has 0 amide bonds. The molecule has 2 aromatic carbocycles. The molecule has 0 aliphatic heterocycles. The Morgan fingerprint density at radius 1 is 1.07 bits per heavy atom. The summed E-state index contributed by atoms with van der Waals surface area (Å²) in [6, 6.07) is 10.2. The van der Waals surface area contributed by atoms with Gasteiger partial charge in [-0.25, -0.2) is 4.39 Å². The number of hydrogen-bond acceptors (Lipinski definition) is 3. The number of nitrogens with zero attached hydrogens (tertiary/aromatic N) is 3. The molecule has 0 aliphatic rings. The molecule has 2 aromatic heterocycles. The van der Waals surface area contributed by atoms with Crippen molar-refractivity contribution in [2.75, 3.05) is 5.32 Å². The lowest BCUT2D eigenvalue weighted by atomic mass is 10.0. The molecule has 1 N–H and O–H groups in total. The van der Waals surface area contributed by atoms with Gasteiger partial charge in [0.1, 0.15) is 5.82 Å². The van der Waals surface area contributed by atoms with Crippen LogP contribution in [0.5, 0.6) is 0 Å². The highest BCUT2D eigenvalue weighted by Gasteiger charge is 2.17. The molecule has 0 saturated carbocycles. The highest BCUT2D eigenvalue weighted by Crippen LogP contribution is 2.38. The van der Waals surface area contributed by atoms with Crippen molar-refractivity contribution in [1.82, 2.24) is 14.8 Å². The molecule has 4 nitrogen and oxygen atoms in total. The first kappa shape index (κ1) is 18.7. The number of hydrogen-bond donors (Lipinski definition) is 1. The van der Waals surface area contributed by atoms with Crippen LogP contribution < -0.4 is 5.32 Å². The monoisotopic (exact) mass is 414 g/mol. The van der Waals surface area contributed by atoms with Crippen molar-refractivity contribution in [2.24, 2.45) is 7.05 Å². The average molecular weight is 415 g/mol. The SMILES string of the molecule is CC(Nc1c(Cl)cnc2c(Cl)cc(-c3cnn(C)c3)cc12)c1ccccc1F. The highest BCUT2D eigenvalue weighted by molar-refractivity contribution is 6.38. The van der Waals surface area contributed by atoms with E-state index in [1.807, 2.05) is 32.3 Å². The van der Waals surface area contributed by atoms with Crippen LogP contribution in [0.3, 0.4) is 0 Å². The lowest BCUT2D eigenvalue weighted by molar-refractivity contribution is 0.600. The summed E-state index contributed by atoms with van der Waals surface area (Å²) in [4.78, 5) is 4.38. The Labute approximate surface area is 171 Å². The first-order chi connectivity index (χ1) is 13.4. The Kier molecular flexibility index (Phi) is 4.96. The zero-order valence-corrected chi connectivity index (χ0v) is 16.8. The third kappa shape index (κ3) is 3.43. The number of rotatable bonds is 4. The van der Waals surface area contributed by atoms with Crippen LogP contribution >= 0.6 is 23.2 Å². The minimum atomic E-state index is -0.301. The van der Waals surface area contributed by atoms with E-state index in [-0.39, 0.29) is 11.9 Å². The number of anilines is 1. The van der Waals surface area contributed by atoms with E-state index in [1.165, 1.54) is 6.07 Å². The van der Waals surface area contributed by atoms with Gasteiger partial charge < -0.3 is 5.32 Å². The molecular formula is C21H17Cl2FN4. The molecule has 4 aromatic rings. The Bertz CT molecular complexity index is 1170. The third-order valence-electron chi connectivity index (χ3n) is 4.65. The van der Waals surface area contributed by atoms with E-state index >= 15 is 0 Å². The van der Waals surface area contributed by atoms with Crippen LogP contribution in [0.2, 0.25) is 10.0 Å². The Morgan fingerprint density at radius 3 is 2.57 bits per heavy atom. The second kappa shape index (κ2) is 7.41. The summed E-state index contributed by atoms with van der Waals surface area (Å²) >= 11 is 13.0. The minimum Gasteiger partial charge on any atom is -0.377 e. The van der Waals surface area contributed by atoms with Crippen LogP contribution in [0.1, 0.15) is 18.5 Å². The molecule has 0 aliphatic carbocycles. The van der Waals surface area contributed by atoms with E-state index in [2.05, 4.69) is 15.4 Å². The predicted octanol–water partition coefficient (Wildman–Crippen LogP) is 6.25. The molecule has 0 spiro atoms. The lowest BCUT2D eigenvalue weighted by Gasteiger charge is -2.19. The molecule has 0 bridgehead atoms. The minimum absolute atomic E-state index is 0.272. The fourth-order valence-electron chi connectivity index (χ4n) is 3.24. The van der Waals surface area contributed by atoms with E-state index in [1.54, 1.807) is 35.3 Å². The van der Waals surface area contributed by atoms with Crippen molar-refractivity contribution < 1.29 is 4.39 Å². The molecule has 0 fully saturated rings. The normalized spacial score (nSPS) is 12.3. The summed E-state index contributed by atoms with van der Waals surface area (Å²) < 4.78 is 15.9. The average Bonchev–Trinajstić information content (AvgIpc) is 3.10. The standard InChI is InChI=1S/C21H17Cl2FN4/c1-12(15-5-3-4-6-19(15)24)27-21-16-7-13(14-9-26-28(2)11-14)8-17(22)20(16)25-10-18(21)23/h3-12H,1-2H3,(H,25,27). The summed E-state index contributed by atoms with van der Waals surface area (Å²) in [5.41, 5.74) is 3.67. The van der Waals surface area contributed by atoms with Gasteiger partial charge in [-0.1, -0.05) is 41.4 Å². The number of pyridine rings is 1. The Hall–Kier alpha value is -2.63. The first-order valence-electron chi connectivity index (χ1n) is 8.72. The van der Waals surface area contributed by atoms with Crippen LogP contribution in [0, 0.1) is 5.82 Å². The smallest absolute Gasteiger partial charge is 0.128 e. The van der Waals surface area contributed by atoms with Crippen molar-refractivity contribution in [2.45, 2.75) is 13.0 Å². The fraction of sp³-hybridized carbons (Fsp3) is 0.143. The maximum absolute atomic E-state index is 14.2. The van der Waals surface area contributed by atoms with Gasteiger partial charge in [-0.05, 0) is 30.7 Å². The van der Waals surface area contributed by atoms with Gasteiger partial charge in [-0.2, -0.15) is 5.10 Å². The summed E-state index contributed by atoms with van der Waals surface area (Å²) in [5, 5.41) is 9.26. The molecule has 1 atom stereocenters. The Balaban J connectivity index is 1.84. The molecule has 0 saturated heterocycles. The van der Waals surface area contributed by atoms with Crippen LogP contribution in [-0.2, 0) is 7.05 Å². The molecule has 7 heteroatoms. The van der Waals surface area contributed by atoms with Crippen molar-refractivity contribution in [1.29, 1.82) is 0 Å².